The highest BCUT2D eigenvalue weighted by atomic mass is 32.2. The Bertz CT molecular complexity index is 356. The second-order valence-corrected chi connectivity index (χ2v) is 3.74. The first-order valence-electron chi connectivity index (χ1n) is 3.99. The van der Waals surface area contributed by atoms with Gasteiger partial charge in [0.25, 0.3) is 0 Å². The van der Waals surface area contributed by atoms with Gasteiger partial charge in [0.1, 0.15) is 0 Å². The standard InChI is InChI=1S/C10H12O2S/c1-3-4-9-7-10(13(11)12)6-5-8(9)2/h3-7H,1-2H3,(H,11,12). The zero-order valence-corrected chi connectivity index (χ0v) is 8.47. The van der Waals surface area contributed by atoms with E-state index in [-0.39, 0.29) is 0 Å². The first-order chi connectivity index (χ1) is 6.15. The Morgan fingerprint density at radius 1 is 1.46 bits per heavy atom. The molecule has 13 heavy (non-hydrogen) atoms. The molecule has 1 atom stereocenters. The van der Waals surface area contributed by atoms with E-state index >= 15 is 0 Å². The van der Waals surface area contributed by atoms with Gasteiger partial charge in [-0.3, -0.25) is 0 Å². The fraction of sp³-hybridized carbons (Fsp3) is 0.200. The maximum atomic E-state index is 10.8. The van der Waals surface area contributed by atoms with Crippen LogP contribution in [0.2, 0.25) is 0 Å². The van der Waals surface area contributed by atoms with E-state index in [9.17, 15) is 4.21 Å². The van der Waals surface area contributed by atoms with Crippen LogP contribution in [0.4, 0.5) is 0 Å². The van der Waals surface area contributed by atoms with Gasteiger partial charge in [-0.2, -0.15) is 0 Å². The van der Waals surface area contributed by atoms with Crippen LogP contribution in [0, 0.1) is 6.92 Å². The van der Waals surface area contributed by atoms with Crippen molar-refractivity contribution >= 4 is 17.2 Å². The third-order valence-electron chi connectivity index (χ3n) is 1.80. The maximum absolute atomic E-state index is 10.8. The Labute approximate surface area is 80.6 Å². The minimum Gasteiger partial charge on any atom is -0.302 e. The Balaban J connectivity index is 3.18. The van der Waals surface area contributed by atoms with E-state index in [0.29, 0.717) is 4.90 Å². The van der Waals surface area contributed by atoms with Crippen LogP contribution in [-0.4, -0.2) is 8.76 Å². The second kappa shape index (κ2) is 4.35. The Kier molecular flexibility index (Phi) is 3.39. The van der Waals surface area contributed by atoms with Crippen molar-refractivity contribution in [2.75, 3.05) is 0 Å². The zero-order valence-electron chi connectivity index (χ0n) is 7.65. The largest absolute Gasteiger partial charge is 0.302 e. The van der Waals surface area contributed by atoms with Crippen LogP contribution < -0.4 is 0 Å². The number of rotatable bonds is 2. The van der Waals surface area contributed by atoms with Crippen molar-refractivity contribution in [2.45, 2.75) is 18.7 Å². The lowest BCUT2D eigenvalue weighted by atomic mass is 10.1. The number of hydrogen-bond donors (Lipinski definition) is 1. The summed E-state index contributed by atoms with van der Waals surface area (Å²) in [5.74, 6) is 0. The predicted molar refractivity (Wildman–Crippen MR) is 54.9 cm³/mol. The van der Waals surface area contributed by atoms with Crippen LogP contribution in [0.3, 0.4) is 0 Å². The molecule has 1 aromatic rings. The van der Waals surface area contributed by atoms with E-state index in [1.807, 2.05) is 32.1 Å². The smallest absolute Gasteiger partial charge is 0.186 e. The molecule has 3 heteroatoms. The molecule has 0 aliphatic rings. The quantitative estimate of drug-likeness (QED) is 0.738. The van der Waals surface area contributed by atoms with E-state index < -0.39 is 11.1 Å². The fourth-order valence-corrected chi connectivity index (χ4v) is 1.50. The Morgan fingerprint density at radius 2 is 2.15 bits per heavy atom. The van der Waals surface area contributed by atoms with Gasteiger partial charge in [-0.25, -0.2) is 4.21 Å². The second-order valence-electron chi connectivity index (χ2n) is 2.77. The Hall–Kier alpha value is -0.930. The van der Waals surface area contributed by atoms with Gasteiger partial charge in [0.05, 0.1) is 4.90 Å². The number of benzene rings is 1. The first-order valence-corrected chi connectivity index (χ1v) is 5.10. The van der Waals surface area contributed by atoms with Gasteiger partial charge in [0.2, 0.25) is 0 Å². The summed E-state index contributed by atoms with van der Waals surface area (Å²) in [5.41, 5.74) is 2.09. The van der Waals surface area contributed by atoms with Gasteiger partial charge in [-0.05, 0) is 37.1 Å². The predicted octanol–water partition coefficient (Wildman–Crippen LogP) is 2.61. The van der Waals surface area contributed by atoms with Crippen LogP contribution in [-0.2, 0) is 11.1 Å². The van der Waals surface area contributed by atoms with Crippen LogP contribution in [0.25, 0.3) is 6.08 Å². The van der Waals surface area contributed by atoms with Crippen LogP contribution in [0.5, 0.6) is 0 Å². The number of aryl methyl sites for hydroxylation is 1. The minimum atomic E-state index is -1.88. The molecule has 0 spiro atoms. The summed E-state index contributed by atoms with van der Waals surface area (Å²) in [6.45, 7) is 3.89. The van der Waals surface area contributed by atoms with Gasteiger partial charge < -0.3 is 4.55 Å². The third kappa shape index (κ3) is 2.50. The van der Waals surface area contributed by atoms with Crippen molar-refractivity contribution in [2.24, 2.45) is 0 Å². The first kappa shape index (κ1) is 10.2. The normalized spacial score (nSPS) is 13.5. The minimum absolute atomic E-state index is 0.443. The highest BCUT2D eigenvalue weighted by Gasteiger charge is 2.01. The molecule has 2 nitrogen and oxygen atoms in total. The van der Waals surface area contributed by atoms with Crippen molar-refractivity contribution in [1.82, 2.24) is 0 Å². The average molecular weight is 196 g/mol. The average Bonchev–Trinajstić information content (AvgIpc) is 2.08. The topological polar surface area (TPSA) is 37.3 Å². The van der Waals surface area contributed by atoms with E-state index in [1.54, 1.807) is 12.1 Å². The fourth-order valence-electron chi connectivity index (χ4n) is 1.09. The summed E-state index contributed by atoms with van der Waals surface area (Å²) in [4.78, 5) is 0.443. The molecule has 0 saturated carbocycles. The molecule has 0 aliphatic carbocycles. The lowest BCUT2D eigenvalue weighted by molar-refractivity contribution is 0.564. The highest BCUT2D eigenvalue weighted by Crippen LogP contribution is 2.14. The van der Waals surface area contributed by atoms with Gasteiger partial charge in [0.15, 0.2) is 11.1 Å². The van der Waals surface area contributed by atoms with Crippen LogP contribution in [0.15, 0.2) is 29.2 Å². The summed E-state index contributed by atoms with van der Waals surface area (Å²) >= 11 is -1.88. The molecular formula is C10H12O2S. The molecule has 0 aliphatic heterocycles. The monoisotopic (exact) mass is 196 g/mol. The molecule has 1 unspecified atom stereocenters. The summed E-state index contributed by atoms with van der Waals surface area (Å²) in [6.07, 6.45) is 3.83. The highest BCUT2D eigenvalue weighted by molar-refractivity contribution is 7.79. The number of hydrogen-bond acceptors (Lipinski definition) is 1. The van der Waals surface area contributed by atoms with E-state index in [1.165, 1.54) is 0 Å². The molecule has 70 valence electrons. The Morgan fingerprint density at radius 3 is 2.69 bits per heavy atom. The van der Waals surface area contributed by atoms with E-state index in [0.717, 1.165) is 11.1 Å². The lowest BCUT2D eigenvalue weighted by Gasteiger charge is -2.01. The van der Waals surface area contributed by atoms with Gasteiger partial charge in [-0.1, -0.05) is 18.2 Å². The zero-order chi connectivity index (χ0) is 9.84. The van der Waals surface area contributed by atoms with Gasteiger partial charge in [0, 0.05) is 0 Å². The summed E-state index contributed by atoms with van der Waals surface area (Å²) < 4.78 is 19.6. The van der Waals surface area contributed by atoms with Gasteiger partial charge in [-0.15, -0.1) is 0 Å². The molecular weight excluding hydrogens is 184 g/mol. The molecule has 1 N–H and O–H groups in total. The lowest BCUT2D eigenvalue weighted by Crippen LogP contribution is -1.90. The maximum Gasteiger partial charge on any atom is 0.186 e. The van der Waals surface area contributed by atoms with E-state index in [2.05, 4.69) is 0 Å². The van der Waals surface area contributed by atoms with E-state index in [4.69, 9.17) is 4.55 Å². The van der Waals surface area contributed by atoms with Crippen molar-refractivity contribution < 1.29 is 8.76 Å². The molecule has 0 fully saturated rings. The third-order valence-corrected chi connectivity index (χ3v) is 2.46. The molecule has 0 saturated heterocycles. The molecule has 0 amide bonds. The van der Waals surface area contributed by atoms with Gasteiger partial charge >= 0.3 is 0 Å². The summed E-state index contributed by atoms with van der Waals surface area (Å²) in [7, 11) is 0. The van der Waals surface area contributed by atoms with Crippen molar-refractivity contribution in [3.05, 3.63) is 35.4 Å². The molecule has 1 aromatic carbocycles. The summed E-state index contributed by atoms with van der Waals surface area (Å²) in [5, 5.41) is 0. The molecule has 0 aromatic heterocycles. The van der Waals surface area contributed by atoms with Crippen molar-refractivity contribution in [1.29, 1.82) is 0 Å². The molecule has 0 bridgehead atoms. The van der Waals surface area contributed by atoms with Crippen molar-refractivity contribution in [3.8, 4) is 0 Å². The SMILES string of the molecule is CC=Cc1cc(S(=O)O)ccc1C. The molecule has 1 rings (SSSR count). The summed E-state index contributed by atoms with van der Waals surface area (Å²) in [6, 6.07) is 5.24. The molecule has 0 radical (unpaired) electrons. The van der Waals surface area contributed by atoms with Crippen LogP contribution in [0.1, 0.15) is 18.1 Å². The number of allylic oxidation sites excluding steroid dienone is 1. The van der Waals surface area contributed by atoms with Crippen LogP contribution >= 0.6 is 0 Å². The molecule has 0 heterocycles. The van der Waals surface area contributed by atoms with Crippen molar-refractivity contribution in [3.63, 3.8) is 0 Å².